The van der Waals surface area contributed by atoms with Gasteiger partial charge in [0.1, 0.15) is 0 Å². The van der Waals surface area contributed by atoms with Gasteiger partial charge < -0.3 is 5.32 Å². The van der Waals surface area contributed by atoms with Crippen molar-refractivity contribution < 1.29 is 0 Å². The summed E-state index contributed by atoms with van der Waals surface area (Å²) in [4.78, 5) is 0. The van der Waals surface area contributed by atoms with Gasteiger partial charge >= 0.3 is 0 Å². The van der Waals surface area contributed by atoms with E-state index in [0.717, 1.165) is 0 Å². The van der Waals surface area contributed by atoms with Gasteiger partial charge in [-0.1, -0.05) is 67.1 Å². The number of benzene rings is 1. The summed E-state index contributed by atoms with van der Waals surface area (Å²) in [6.07, 6.45) is 7.99. The molecule has 1 aromatic rings. The summed E-state index contributed by atoms with van der Waals surface area (Å²) >= 11 is 3.53. The fourth-order valence-electron chi connectivity index (χ4n) is 2.15. The molecule has 96 valence electrons. The number of nitrogens with one attached hydrogen (secondary N) is 1. The number of halogens is 1. The van der Waals surface area contributed by atoms with Crippen LogP contribution in [0.1, 0.15) is 57.1 Å². The van der Waals surface area contributed by atoms with Crippen LogP contribution in [0.5, 0.6) is 0 Å². The number of rotatable bonds is 8. The van der Waals surface area contributed by atoms with Crippen molar-refractivity contribution in [1.82, 2.24) is 5.32 Å². The van der Waals surface area contributed by atoms with Gasteiger partial charge in [-0.05, 0) is 31.2 Å². The second kappa shape index (κ2) is 8.71. The lowest BCUT2D eigenvalue weighted by molar-refractivity contribution is 0.500. The van der Waals surface area contributed by atoms with Gasteiger partial charge in [-0.2, -0.15) is 0 Å². The van der Waals surface area contributed by atoms with Crippen LogP contribution in [0.3, 0.4) is 0 Å². The summed E-state index contributed by atoms with van der Waals surface area (Å²) in [7, 11) is 2.05. The first-order valence-corrected chi connectivity index (χ1v) is 7.50. The molecule has 0 aliphatic heterocycles. The molecule has 1 N–H and O–H groups in total. The van der Waals surface area contributed by atoms with Crippen LogP contribution in [0.25, 0.3) is 0 Å². The number of hydrogen-bond donors (Lipinski definition) is 1. The molecule has 0 radical (unpaired) electrons. The van der Waals surface area contributed by atoms with Crippen molar-refractivity contribution in [3.05, 3.63) is 34.3 Å². The van der Waals surface area contributed by atoms with E-state index in [1.807, 2.05) is 0 Å². The Hall–Kier alpha value is -0.340. The van der Waals surface area contributed by atoms with Crippen LogP contribution in [0, 0.1) is 0 Å². The molecule has 2 heteroatoms. The molecule has 0 aliphatic rings. The average Bonchev–Trinajstić information content (AvgIpc) is 2.34. The van der Waals surface area contributed by atoms with Crippen LogP contribution < -0.4 is 5.32 Å². The Bertz CT molecular complexity index is 312. The fourth-order valence-corrected chi connectivity index (χ4v) is 2.57. The fraction of sp³-hybridized carbons (Fsp3) is 0.600. The highest BCUT2D eigenvalue weighted by Gasteiger charge is 2.08. The highest BCUT2D eigenvalue weighted by molar-refractivity contribution is 9.10. The number of hydrogen-bond acceptors (Lipinski definition) is 1. The summed E-state index contributed by atoms with van der Waals surface area (Å²) in [6.45, 7) is 2.26. The first-order chi connectivity index (χ1) is 8.27. The molecule has 1 nitrogen and oxygen atoms in total. The van der Waals surface area contributed by atoms with Crippen molar-refractivity contribution in [3.63, 3.8) is 0 Å². The maximum absolute atomic E-state index is 3.53. The molecule has 1 aromatic carbocycles. The van der Waals surface area contributed by atoms with Gasteiger partial charge in [0.15, 0.2) is 0 Å². The van der Waals surface area contributed by atoms with Gasteiger partial charge in [0, 0.05) is 10.5 Å². The van der Waals surface area contributed by atoms with E-state index in [2.05, 4.69) is 59.5 Å². The molecule has 0 heterocycles. The van der Waals surface area contributed by atoms with E-state index in [4.69, 9.17) is 0 Å². The van der Waals surface area contributed by atoms with Gasteiger partial charge in [-0.25, -0.2) is 0 Å². The highest BCUT2D eigenvalue weighted by Crippen LogP contribution is 2.22. The van der Waals surface area contributed by atoms with Crippen LogP contribution in [-0.2, 0) is 0 Å². The molecule has 0 bridgehead atoms. The second-order valence-electron chi connectivity index (χ2n) is 4.60. The molecule has 0 aromatic heterocycles. The minimum absolute atomic E-state index is 0.495. The van der Waals surface area contributed by atoms with E-state index in [1.54, 1.807) is 0 Å². The molecule has 1 unspecified atom stereocenters. The minimum atomic E-state index is 0.495. The van der Waals surface area contributed by atoms with Crippen molar-refractivity contribution in [2.75, 3.05) is 7.05 Å². The molecule has 0 saturated carbocycles. The van der Waals surface area contributed by atoms with Crippen LogP contribution >= 0.6 is 15.9 Å². The van der Waals surface area contributed by atoms with Gasteiger partial charge in [-0.3, -0.25) is 0 Å². The zero-order valence-corrected chi connectivity index (χ0v) is 12.6. The predicted molar refractivity (Wildman–Crippen MR) is 79.3 cm³/mol. The van der Waals surface area contributed by atoms with Crippen molar-refractivity contribution in [2.24, 2.45) is 0 Å². The topological polar surface area (TPSA) is 12.0 Å². The van der Waals surface area contributed by atoms with Crippen molar-refractivity contribution in [3.8, 4) is 0 Å². The quantitative estimate of drug-likeness (QED) is 0.661. The second-order valence-corrected chi connectivity index (χ2v) is 5.51. The van der Waals surface area contributed by atoms with E-state index in [-0.39, 0.29) is 0 Å². The summed E-state index contributed by atoms with van der Waals surface area (Å²) in [5.41, 5.74) is 1.39. The SMILES string of the molecule is CCCCCCCC(NC)c1cccc(Br)c1. The van der Waals surface area contributed by atoms with E-state index >= 15 is 0 Å². The van der Waals surface area contributed by atoms with Crippen LogP contribution in [-0.4, -0.2) is 7.05 Å². The molecule has 0 fully saturated rings. The van der Waals surface area contributed by atoms with Gasteiger partial charge in [0.2, 0.25) is 0 Å². The Morgan fingerprint density at radius 3 is 2.59 bits per heavy atom. The normalized spacial score (nSPS) is 12.6. The Kier molecular flexibility index (Phi) is 7.54. The van der Waals surface area contributed by atoms with E-state index in [9.17, 15) is 0 Å². The summed E-state index contributed by atoms with van der Waals surface area (Å²) in [6, 6.07) is 9.11. The third kappa shape index (κ3) is 5.69. The number of unbranched alkanes of at least 4 members (excludes halogenated alkanes) is 4. The molecule has 1 atom stereocenters. The van der Waals surface area contributed by atoms with Crippen molar-refractivity contribution >= 4 is 15.9 Å². The summed E-state index contributed by atoms with van der Waals surface area (Å²) in [5, 5.41) is 3.42. The lowest BCUT2D eigenvalue weighted by Gasteiger charge is -2.16. The molecule has 0 aliphatic carbocycles. The van der Waals surface area contributed by atoms with Crippen molar-refractivity contribution in [1.29, 1.82) is 0 Å². The molecule has 0 spiro atoms. The molecule has 0 amide bonds. The first-order valence-electron chi connectivity index (χ1n) is 6.70. The van der Waals surface area contributed by atoms with Gasteiger partial charge in [0.25, 0.3) is 0 Å². The lowest BCUT2D eigenvalue weighted by Crippen LogP contribution is -2.16. The molecular weight excluding hydrogens is 274 g/mol. The smallest absolute Gasteiger partial charge is 0.0317 e. The minimum Gasteiger partial charge on any atom is -0.313 e. The van der Waals surface area contributed by atoms with E-state index in [0.29, 0.717) is 6.04 Å². The largest absolute Gasteiger partial charge is 0.313 e. The molecular formula is C15H24BrN. The average molecular weight is 298 g/mol. The van der Waals surface area contributed by atoms with Crippen LogP contribution in [0.15, 0.2) is 28.7 Å². The molecule has 1 rings (SSSR count). The predicted octanol–water partition coefficient (Wildman–Crippen LogP) is 5.07. The summed E-state index contributed by atoms with van der Waals surface area (Å²) < 4.78 is 1.17. The zero-order valence-electron chi connectivity index (χ0n) is 11.0. The Morgan fingerprint density at radius 1 is 1.18 bits per heavy atom. The highest BCUT2D eigenvalue weighted by atomic mass is 79.9. The lowest BCUT2D eigenvalue weighted by atomic mass is 10.00. The zero-order chi connectivity index (χ0) is 12.5. The monoisotopic (exact) mass is 297 g/mol. The van der Waals surface area contributed by atoms with Crippen LogP contribution in [0.2, 0.25) is 0 Å². The van der Waals surface area contributed by atoms with Crippen LogP contribution in [0.4, 0.5) is 0 Å². The van der Waals surface area contributed by atoms with Gasteiger partial charge in [-0.15, -0.1) is 0 Å². The molecule has 0 saturated heterocycles. The Balaban J connectivity index is 2.38. The third-order valence-electron chi connectivity index (χ3n) is 3.20. The Morgan fingerprint density at radius 2 is 1.94 bits per heavy atom. The maximum atomic E-state index is 3.53. The van der Waals surface area contributed by atoms with Gasteiger partial charge in [0.05, 0.1) is 0 Å². The standard InChI is InChI=1S/C15H24BrN/c1-3-4-5-6-7-11-15(17-2)13-9-8-10-14(16)12-13/h8-10,12,15,17H,3-7,11H2,1-2H3. The third-order valence-corrected chi connectivity index (χ3v) is 3.69. The first kappa shape index (κ1) is 14.7. The van der Waals surface area contributed by atoms with E-state index in [1.165, 1.54) is 48.6 Å². The molecule has 17 heavy (non-hydrogen) atoms. The summed E-state index contributed by atoms with van der Waals surface area (Å²) in [5.74, 6) is 0. The van der Waals surface area contributed by atoms with E-state index < -0.39 is 0 Å². The van der Waals surface area contributed by atoms with Crippen molar-refractivity contribution in [2.45, 2.75) is 51.5 Å². The maximum Gasteiger partial charge on any atom is 0.0317 e. The Labute approximate surface area is 114 Å².